The maximum absolute atomic E-state index is 12.0. The number of nitrogens with one attached hydrogen (secondary N) is 1. The molecule has 0 saturated carbocycles. The van der Waals surface area contributed by atoms with Crippen LogP contribution in [-0.4, -0.2) is 44.0 Å². The number of ether oxygens (including phenoxy) is 2. The Morgan fingerprint density at radius 2 is 0.947 bits per heavy atom. The van der Waals surface area contributed by atoms with Crippen LogP contribution in [-0.2, 0) is 23.9 Å². The predicted molar refractivity (Wildman–Crippen MR) is 160 cm³/mol. The quantitative estimate of drug-likeness (QED) is 0.0562. The van der Waals surface area contributed by atoms with E-state index in [1.54, 1.807) is 0 Å². The highest BCUT2D eigenvalue weighted by Crippen LogP contribution is 2.12. The van der Waals surface area contributed by atoms with Gasteiger partial charge in [-0.2, -0.15) is 0 Å². The van der Waals surface area contributed by atoms with E-state index in [4.69, 9.17) is 9.47 Å². The average Bonchev–Trinajstić information content (AvgIpc) is 2.89. The number of carbonyl (C=O) groups excluding carboxylic acids is 3. The molecule has 6 nitrogen and oxygen atoms in total. The number of unbranched alkanes of at least 4 members (excludes halogenated alkanes) is 16. The summed E-state index contributed by atoms with van der Waals surface area (Å²) in [4.78, 5) is 34.8. The summed E-state index contributed by atoms with van der Waals surface area (Å²) in [6.07, 6.45) is 25.0. The Labute approximate surface area is 240 Å². The second kappa shape index (κ2) is 32.1. The third-order valence-electron chi connectivity index (χ3n) is 6.92. The van der Waals surface area contributed by atoms with Crippen molar-refractivity contribution in [1.82, 2.24) is 5.32 Å². The molecule has 0 fully saturated rings. The molecule has 1 N–H and O–H groups in total. The molecule has 0 aromatic heterocycles. The standard InChI is InChI=1S/C31H59NO5.ClH/c1-3-5-7-9-11-13-15-17-19-21-30(34)36-27-23-29(32-25-26-33)24-28-37-31(35)22-20-18-16-14-12-10-8-6-4-2;/h26,29,32H,3-25,27-28H2,1-2H3;1H. The number of aldehydes is 1. The molecule has 0 aliphatic rings. The van der Waals surface area contributed by atoms with Gasteiger partial charge in [0.2, 0.25) is 0 Å². The molecule has 38 heavy (non-hydrogen) atoms. The van der Waals surface area contributed by atoms with Crippen LogP contribution < -0.4 is 5.32 Å². The Kier molecular flexibility index (Phi) is 32.9. The Hall–Kier alpha value is -1.14. The zero-order chi connectivity index (χ0) is 27.2. The normalized spacial score (nSPS) is 10.8. The van der Waals surface area contributed by atoms with E-state index in [2.05, 4.69) is 19.2 Å². The van der Waals surface area contributed by atoms with Crippen LogP contribution in [0.4, 0.5) is 0 Å². The van der Waals surface area contributed by atoms with Crippen molar-refractivity contribution in [3.05, 3.63) is 0 Å². The first-order valence-corrected chi connectivity index (χ1v) is 15.6. The monoisotopic (exact) mass is 561 g/mol. The molecule has 226 valence electrons. The first-order valence-electron chi connectivity index (χ1n) is 15.6. The molecule has 0 aliphatic heterocycles. The highest BCUT2D eigenvalue weighted by Gasteiger charge is 2.12. The summed E-state index contributed by atoms with van der Waals surface area (Å²) >= 11 is 0. The summed E-state index contributed by atoms with van der Waals surface area (Å²) in [5.41, 5.74) is 0. The van der Waals surface area contributed by atoms with Gasteiger partial charge in [0.25, 0.3) is 0 Å². The highest BCUT2D eigenvalue weighted by atomic mass is 35.5. The van der Waals surface area contributed by atoms with E-state index >= 15 is 0 Å². The lowest BCUT2D eigenvalue weighted by Gasteiger charge is -2.17. The second-order valence-electron chi connectivity index (χ2n) is 10.4. The van der Waals surface area contributed by atoms with Crippen LogP contribution in [0.1, 0.15) is 155 Å². The molecule has 0 aliphatic carbocycles. The van der Waals surface area contributed by atoms with Gasteiger partial charge in [0.05, 0.1) is 19.8 Å². The van der Waals surface area contributed by atoms with Gasteiger partial charge < -0.3 is 19.6 Å². The number of hydrogen-bond acceptors (Lipinski definition) is 6. The number of rotatable bonds is 29. The van der Waals surface area contributed by atoms with Crippen molar-refractivity contribution in [1.29, 1.82) is 0 Å². The lowest BCUT2D eigenvalue weighted by Crippen LogP contribution is -2.33. The molecule has 0 saturated heterocycles. The summed E-state index contributed by atoms with van der Waals surface area (Å²) in [5.74, 6) is -0.297. The number of carbonyl (C=O) groups is 3. The van der Waals surface area contributed by atoms with Gasteiger partial charge in [-0.25, -0.2) is 0 Å². The molecule has 0 aromatic rings. The van der Waals surface area contributed by atoms with Gasteiger partial charge in [-0.05, 0) is 25.7 Å². The fourth-order valence-corrected chi connectivity index (χ4v) is 4.50. The van der Waals surface area contributed by atoms with Crippen molar-refractivity contribution in [3.8, 4) is 0 Å². The van der Waals surface area contributed by atoms with E-state index in [1.807, 2.05) is 0 Å². The summed E-state index contributed by atoms with van der Waals surface area (Å²) in [5, 5.41) is 3.14. The van der Waals surface area contributed by atoms with Crippen molar-refractivity contribution in [2.24, 2.45) is 0 Å². The van der Waals surface area contributed by atoms with Crippen LogP contribution in [0.3, 0.4) is 0 Å². The van der Waals surface area contributed by atoms with E-state index in [0.29, 0.717) is 38.9 Å². The number of hydrogen-bond donors (Lipinski definition) is 1. The van der Waals surface area contributed by atoms with Crippen molar-refractivity contribution in [2.45, 2.75) is 161 Å². The fraction of sp³-hybridized carbons (Fsp3) is 0.903. The molecular weight excluding hydrogens is 502 g/mol. The molecule has 0 spiro atoms. The molecule has 0 rings (SSSR count). The zero-order valence-electron chi connectivity index (χ0n) is 24.8. The van der Waals surface area contributed by atoms with Gasteiger partial charge in [0.15, 0.2) is 0 Å². The molecule has 0 unspecified atom stereocenters. The van der Waals surface area contributed by atoms with Crippen LogP contribution in [0.25, 0.3) is 0 Å². The van der Waals surface area contributed by atoms with E-state index < -0.39 is 0 Å². The Morgan fingerprint density at radius 1 is 0.605 bits per heavy atom. The molecule has 0 aromatic carbocycles. The summed E-state index contributed by atoms with van der Waals surface area (Å²) in [7, 11) is 0. The smallest absolute Gasteiger partial charge is 0.305 e. The molecule has 0 amide bonds. The van der Waals surface area contributed by atoms with Gasteiger partial charge >= 0.3 is 11.9 Å². The lowest BCUT2D eigenvalue weighted by molar-refractivity contribution is -0.144. The maximum atomic E-state index is 12.0. The molecule has 0 heterocycles. The predicted octanol–water partition coefficient (Wildman–Crippen LogP) is 8.27. The van der Waals surface area contributed by atoms with Crippen LogP contribution in [0.15, 0.2) is 0 Å². The number of halogens is 1. The topological polar surface area (TPSA) is 81.7 Å². The minimum atomic E-state index is -0.149. The first kappa shape index (κ1) is 39.0. The third kappa shape index (κ3) is 29.4. The third-order valence-corrected chi connectivity index (χ3v) is 6.92. The van der Waals surface area contributed by atoms with Gasteiger partial charge in [0.1, 0.15) is 6.29 Å². The number of esters is 2. The maximum Gasteiger partial charge on any atom is 0.305 e. The van der Waals surface area contributed by atoms with Crippen molar-refractivity contribution in [3.63, 3.8) is 0 Å². The minimum absolute atomic E-state index is 0. The van der Waals surface area contributed by atoms with E-state index in [-0.39, 0.29) is 36.9 Å². The van der Waals surface area contributed by atoms with Crippen LogP contribution in [0.5, 0.6) is 0 Å². The summed E-state index contributed by atoms with van der Waals surface area (Å²) in [6.45, 7) is 5.35. The fourth-order valence-electron chi connectivity index (χ4n) is 4.50. The largest absolute Gasteiger partial charge is 0.466 e. The minimum Gasteiger partial charge on any atom is -0.466 e. The van der Waals surface area contributed by atoms with E-state index in [1.165, 1.54) is 89.9 Å². The van der Waals surface area contributed by atoms with Gasteiger partial charge in [-0.1, -0.05) is 117 Å². The Bertz CT molecular complexity index is 492. The highest BCUT2D eigenvalue weighted by molar-refractivity contribution is 5.85. The summed E-state index contributed by atoms with van der Waals surface area (Å²) < 4.78 is 10.8. The molecule has 0 atom stereocenters. The van der Waals surface area contributed by atoms with Crippen molar-refractivity contribution < 1.29 is 23.9 Å². The van der Waals surface area contributed by atoms with Crippen LogP contribution in [0, 0.1) is 0 Å². The lowest BCUT2D eigenvalue weighted by atomic mass is 10.1. The van der Waals surface area contributed by atoms with E-state index in [9.17, 15) is 14.4 Å². The van der Waals surface area contributed by atoms with Gasteiger partial charge in [-0.3, -0.25) is 9.59 Å². The molecule has 0 bridgehead atoms. The SMILES string of the molecule is CCCCCCCCCCCC(=O)OCCC(CCOC(=O)CCCCCCCCCCC)NCC=O.Cl. The second-order valence-corrected chi connectivity index (χ2v) is 10.4. The Balaban J connectivity index is 0. The average molecular weight is 562 g/mol. The van der Waals surface area contributed by atoms with Gasteiger partial charge in [-0.15, -0.1) is 12.4 Å². The van der Waals surface area contributed by atoms with Gasteiger partial charge in [0, 0.05) is 18.9 Å². The first-order chi connectivity index (χ1) is 18.1. The molecule has 7 heteroatoms. The summed E-state index contributed by atoms with van der Waals surface area (Å²) in [6, 6.07) is -0.0220. The van der Waals surface area contributed by atoms with E-state index in [0.717, 1.165) is 32.0 Å². The molecular formula is C31H60ClNO5. The van der Waals surface area contributed by atoms with Crippen molar-refractivity contribution in [2.75, 3.05) is 19.8 Å². The van der Waals surface area contributed by atoms with Crippen LogP contribution in [0.2, 0.25) is 0 Å². The van der Waals surface area contributed by atoms with Crippen molar-refractivity contribution >= 4 is 30.6 Å². The molecule has 0 radical (unpaired) electrons. The van der Waals surface area contributed by atoms with Crippen LogP contribution >= 0.6 is 12.4 Å². The Morgan fingerprint density at radius 3 is 1.29 bits per heavy atom. The zero-order valence-corrected chi connectivity index (χ0v) is 25.6.